The van der Waals surface area contributed by atoms with Crippen molar-refractivity contribution in [1.82, 2.24) is 0 Å². The van der Waals surface area contributed by atoms with Crippen molar-refractivity contribution in [3.05, 3.63) is 148 Å². The predicted molar refractivity (Wildman–Crippen MR) is 175 cm³/mol. The molecule has 7 rings (SSSR count). The van der Waals surface area contributed by atoms with Gasteiger partial charge in [-0.15, -0.1) is 0 Å². The zero-order chi connectivity index (χ0) is 30.5. The van der Waals surface area contributed by atoms with Crippen LogP contribution in [0.4, 0.5) is 0 Å². The minimum absolute atomic E-state index is 0.149. The van der Waals surface area contributed by atoms with Crippen molar-refractivity contribution in [1.29, 1.82) is 0 Å². The molecular weight excluding hydrogens is 544 g/mol. The van der Waals surface area contributed by atoms with E-state index in [2.05, 4.69) is 24.3 Å². The molecule has 5 aromatic rings. The van der Waals surface area contributed by atoms with Gasteiger partial charge in [0.2, 0.25) is 0 Å². The Bertz CT molecular complexity index is 2050. The van der Waals surface area contributed by atoms with Crippen LogP contribution < -0.4 is 9.84 Å². The molecule has 2 heterocycles. The number of allylic oxidation sites excluding steroid dienone is 2. The van der Waals surface area contributed by atoms with Crippen molar-refractivity contribution in [3.8, 4) is 17.1 Å². The smallest absolute Gasteiger partial charge is 0.364 e. The van der Waals surface area contributed by atoms with Gasteiger partial charge in [-0.25, -0.2) is 4.42 Å². The van der Waals surface area contributed by atoms with E-state index in [1.807, 2.05) is 107 Å². The van der Waals surface area contributed by atoms with Gasteiger partial charge in [0.15, 0.2) is 5.78 Å². The van der Waals surface area contributed by atoms with E-state index < -0.39 is 12.0 Å². The summed E-state index contributed by atoms with van der Waals surface area (Å²) in [6.45, 7) is 8.11. The van der Waals surface area contributed by atoms with Crippen LogP contribution in [0.1, 0.15) is 38.9 Å². The first-order valence-corrected chi connectivity index (χ1v) is 14.9. The fourth-order valence-corrected chi connectivity index (χ4v) is 6.32. The van der Waals surface area contributed by atoms with E-state index >= 15 is 0 Å². The molecule has 0 saturated heterocycles. The van der Waals surface area contributed by atoms with Crippen LogP contribution in [0.15, 0.2) is 113 Å². The van der Waals surface area contributed by atoms with Gasteiger partial charge < -0.3 is 9.84 Å². The number of carbonyl (C=O) groups excluding carboxylic acids is 1. The molecule has 2 atom stereocenters. The lowest BCUT2D eigenvalue weighted by Crippen LogP contribution is -2.52. The van der Waals surface area contributed by atoms with Crippen molar-refractivity contribution in [2.24, 2.45) is 5.92 Å². The topological polar surface area (TPSA) is 60.7 Å². The van der Waals surface area contributed by atoms with Gasteiger partial charge in [-0.1, -0.05) is 66.8 Å². The fourth-order valence-electron chi connectivity index (χ4n) is 6.32. The largest absolute Gasteiger partial charge is 0.848 e. The second-order valence-electron chi connectivity index (χ2n) is 11.9. The average Bonchev–Trinajstić information content (AvgIpc) is 3.03. The molecule has 216 valence electrons. The SMILES string of the molecule is Cc1cc(C)c2c(c1)/C(=C/C1C(=O)/C(=C/c3cc(-c4ccccc4)[o+]c4c(C)cc(C)cc34)C1[O-])C=C(c1ccccc1)O2. The van der Waals surface area contributed by atoms with Crippen LogP contribution in [0, 0.1) is 33.6 Å². The highest BCUT2D eigenvalue weighted by Gasteiger charge is 2.37. The minimum Gasteiger partial charge on any atom is -0.848 e. The zero-order valence-corrected chi connectivity index (χ0v) is 25.2. The third-order valence-electron chi connectivity index (χ3n) is 8.46. The first-order valence-electron chi connectivity index (χ1n) is 14.9. The second-order valence-corrected chi connectivity index (χ2v) is 11.9. The molecule has 1 saturated carbocycles. The summed E-state index contributed by atoms with van der Waals surface area (Å²) in [5.41, 5.74) is 9.63. The van der Waals surface area contributed by atoms with Gasteiger partial charge in [0, 0.05) is 22.6 Å². The molecule has 2 unspecified atom stereocenters. The minimum atomic E-state index is -1.18. The van der Waals surface area contributed by atoms with Crippen LogP contribution in [-0.4, -0.2) is 11.9 Å². The summed E-state index contributed by atoms with van der Waals surface area (Å²) in [6.07, 6.45) is 4.37. The van der Waals surface area contributed by atoms with Gasteiger partial charge in [-0.3, -0.25) is 4.79 Å². The van der Waals surface area contributed by atoms with Crippen molar-refractivity contribution in [2.75, 3.05) is 0 Å². The van der Waals surface area contributed by atoms with E-state index in [-0.39, 0.29) is 11.4 Å². The first kappa shape index (κ1) is 27.8. The number of ether oxygens (including phenoxy) is 1. The molecular formula is C40H32O4. The molecule has 0 N–H and O–H groups in total. The number of hydrogen-bond donors (Lipinski definition) is 0. The molecule has 4 nitrogen and oxygen atoms in total. The number of benzene rings is 4. The zero-order valence-electron chi connectivity index (χ0n) is 25.2. The number of Topliss-reactive ketones (excluding diaryl/α,β-unsaturated/α-hetero) is 1. The van der Waals surface area contributed by atoms with E-state index in [1.165, 1.54) is 0 Å². The van der Waals surface area contributed by atoms with Crippen molar-refractivity contribution >= 4 is 34.2 Å². The Balaban J connectivity index is 1.31. The summed E-state index contributed by atoms with van der Waals surface area (Å²) in [6, 6.07) is 30.0. The molecule has 2 aliphatic rings. The number of hydrogen-bond acceptors (Lipinski definition) is 3. The van der Waals surface area contributed by atoms with Crippen LogP contribution in [0.2, 0.25) is 0 Å². The Kier molecular flexibility index (Phi) is 6.87. The number of carbonyl (C=O) groups is 1. The van der Waals surface area contributed by atoms with Gasteiger partial charge in [-0.2, -0.15) is 0 Å². The Hall–Kier alpha value is -5.06. The van der Waals surface area contributed by atoms with Gasteiger partial charge in [0.25, 0.3) is 0 Å². The highest BCUT2D eigenvalue weighted by atomic mass is 16.5. The van der Waals surface area contributed by atoms with Crippen LogP contribution in [0.25, 0.3) is 39.7 Å². The Morgan fingerprint density at radius 3 is 2.16 bits per heavy atom. The summed E-state index contributed by atoms with van der Waals surface area (Å²) >= 11 is 0. The lowest BCUT2D eigenvalue weighted by Gasteiger charge is -2.42. The standard InChI is InChI=1S/C40H32O4/c1-23-15-25(3)39-31(17-23)29(21-35(43-39)27-11-7-5-8-12-27)19-33-37(41)34(38(33)42)20-30-22-36(28-13-9-6-10-14-28)44-40-26(4)16-24(2)18-32(30)40/h5-22,33,37H,1-4H3/b29-19+,34-20+. The maximum absolute atomic E-state index is 13.7. The Morgan fingerprint density at radius 1 is 0.795 bits per heavy atom. The van der Waals surface area contributed by atoms with E-state index in [0.717, 1.165) is 66.8 Å². The van der Waals surface area contributed by atoms with Gasteiger partial charge in [0.1, 0.15) is 11.5 Å². The molecule has 0 radical (unpaired) electrons. The third kappa shape index (κ3) is 4.87. The number of ketones is 1. The number of aryl methyl sites for hydroxylation is 4. The normalized spacial score (nSPS) is 19.5. The van der Waals surface area contributed by atoms with Gasteiger partial charge in [0.05, 0.1) is 22.6 Å². The molecule has 4 heteroatoms. The molecule has 44 heavy (non-hydrogen) atoms. The van der Waals surface area contributed by atoms with Crippen LogP contribution in [0.5, 0.6) is 5.75 Å². The van der Waals surface area contributed by atoms with E-state index in [0.29, 0.717) is 11.5 Å². The maximum Gasteiger partial charge on any atom is 0.364 e. The van der Waals surface area contributed by atoms with Gasteiger partial charge >= 0.3 is 11.3 Å². The maximum atomic E-state index is 13.7. The van der Waals surface area contributed by atoms with Crippen LogP contribution >= 0.6 is 0 Å². The Labute approximate surface area is 257 Å². The molecule has 0 amide bonds. The summed E-state index contributed by atoms with van der Waals surface area (Å²) in [5.74, 6) is 1.22. The molecule has 1 aliphatic carbocycles. The lowest BCUT2D eigenvalue weighted by atomic mass is 9.73. The van der Waals surface area contributed by atoms with Crippen molar-refractivity contribution < 1.29 is 19.1 Å². The summed E-state index contributed by atoms with van der Waals surface area (Å²) < 4.78 is 12.7. The first-order chi connectivity index (χ1) is 21.3. The van der Waals surface area contributed by atoms with Gasteiger partial charge in [-0.05, 0) is 98.0 Å². The monoisotopic (exact) mass is 576 g/mol. The number of fused-ring (bicyclic) bond motifs is 2. The highest BCUT2D eigenvalue weighted by Crippen LogP contribution is 2.43. The molecule has 1 aliphatic heterocycles. The van der Waals surface area contributed by atoms with E-state index in [9.17, 15) is 9.90 Å². The molecule has 1 aromatic heterocycles. The van der Waals surface area contributed by atoms with Crippen molar-refractivity contribution in [3.63, 3.8) is 0 Å². The van der Waals surface area contributed by atoms with E-state index in [1.54, 1.807) is 6.08 Å². The van der Waals surface area contributed by atoms with Crippen molar-refractivity contribution in [2.45, 2.75) is 33.8 Å². The molecule has 0 bridgehead atoms. The quantitative estimate of drug-likeness (QED) is 0.159. The second kappa shape index (κ2) is 10.9. The summed E-state index contributed by atoms with van der Waals surface area (Å²) in [7, 11) is 0. The lowest BCUT2D eigenvalue weighted by molar-refractivity contribution is -0.419. The Morgan fingerprint density at radius 2 is 1.45 bits per heavy atom. The average molecular weight is 577 g/mol. The van der Waals surface area contributed by atoms with E-state index in [4.69, 9.17) is 9.15 Å². The molecule has 0 spiro atoms. The third-order valence-corrected chi connectivity index (χ3v) is 8.46. The van der Waals surface area contributed by atoms with Crippen LogP contribution in [0.3, 0.4) is 0 Å². The summed E-state index contributed by atoms with van der Waals surface area (Å²) in [5, 5.41) is 14.6. The molecule has 4 aromatic carbocycles. The number of rotatable bonds is 4. The highest BCUT2D eigenvalue weighted by molar-refractivity contribution is 6.12. The molecule has 1 fully saturated rings. The van der Waals surface area contributed by atoms with Crippen LogP contribution in [-0.2, 0) is 4.79 Å². The fraction of sp³-hybridized carbons (Fsp3) is 0.150. The predicted octanol–water partition coefficient (Wildman–Crippen LogP) is 8.44. The summed E-state index contributed by atoms with van der Waals surface area (Å²) in [4.78, 5) is 13.7.